The minimum Gasteiger partial charge on any atom is -0.492 e. The summed E-state index contributed by atoms with van der Waals surface area (Å²) in [6.45, 7) is 2.12. The van der Waals surface area contributed by atoms with Gasteiger partial charge in [-0.25, -0.2) is 0 Å². The number of rotatable bonds is 3. The standard InChI is InChI=1S/C6H8OS4/c1-3-9-6-4(7-2)5(8)10-11-6/h3H2,1-2H3. The zero-order valence-electron chi connectivity index (χ0n) is 6.25. The summed E-state index contributed by atoms with van der Waals surface area (Å²) >= 11 is 6.86. The molecule has 0 aliphatic carbocycles. The van der Waals surface area contributed by atoms with Gasteiger partial charge in [-0.15, -0.1) is 11.8 Å². The van der Waals surface area contributed by atoms with Crippen molar-refractivity contribution in [2.75, 3.05) is 12.9 Å². The summed E-state index contributed by atoms with van der Waals surface area (Å²) in [4.78, 5) is 0. The highest BCUT2D eigenvalue weighted by Crippen LogP contribution is 2.39. The Kier molecular flexibility index (Phi) is 3.84. The Hall–Kier alpha value is 0.420. The van der Waals surface area contributed by atoms with Crippen LogP contribution in [-0.4, -0.2) is 12.9 Å². The molecule has 1 aromatic heterocycles. The van der Waals surface area contributed by atoms with Crippen molar-refractivity contribution in [2.45, 2.75) is 11.1 Å². The molecule has 1 heterocycles. The van der Waals surface area contributed by atoms with Crippen LogP contribution < -0.4 is 4.74 Å². The van der Waals surface area contributed by atoms with Crippen molar-refractivity contribution in [1.82, 2.24) is 0 Å². The molecule has 0 aliphatic heterocycles. The molecule has 0 saturated heterocycles. The molecular weight excluding hydrogens is 216 g/mol. The molecule has 5 heteroatoms. The van der Waals surface area contributed by atoms with Crippen LogP contribution in [0.25, 0.3) is 0 Å². The molecule has 62 valence electrons. The molecule has 0 fully saturated rings. The minimum atomic E-state index is 0.869. The summed E-state index contributed by atoms with van der Waals surface area (Å²) in [5.41, 5.74) is 0. The van der Waals surface area contributed by atoms with E-state index in [-0.39, 0.29) is 0 Å². The average Bonchev–Trinajstić information content (AvgIpc) is 2.33. The van der Waals surface area contributed by atoms with E-state index in [1.54, 1.807) is 39.6 Å². The Labute approximate surface area is 82.8 Å². The van der Waals surface area contributed by atoms with Crippen LogP contribution in [-0.2, 0) is 0 Å². The SMILES string of the molecule is CCSc1ssc(=S)c1OC. The van der Waals surface area contributed by atoms with Crippen LogP contribution in [0, 0.1) is 3.82 Å². The predicted octanol–water partition coefficient (Wildman–Crippen LogP) is 3.66. The van der Waals surface area contributed by atoms with Crippen molar-refractivity contribution in [3.05, 3.63) is 3.82 Å². The first-order chi connectivity index (χ1) is 5.29. The van der Waals surface area contributed by atoms with Crippen molar-refractivity contribution < 1.29 is 4.74 Å². The molecule has 0 aliphatic rings. The average molecular weight is 224 g/mol. The summed E-state index contributed by atoms with van der Waals surface area (Å²) in [5, 5.41) is 0. The van der Waals surface area contributed by atoms with Gasteiger partial charge in [0, 0.05) is 0 Å². The van der Waals surface area contributed by atoms with Gasteiger partial charge in [-0.2, -0.15) is 0 Å². The van der Waals surface area contributed by atoms with E-state index in [1.807, 2.05) is 0 Å². The van der Waals surface area contributed by atoms with E-state index in [1.165, 1.54) is 4.21 Å². The van der Waals surface area contributed by atoms with Gasteiger partial charge in [0.05, 0.1) is 7.11 Å². The van der Waals surface area contributed by atoms with Gasteiger partial charge < -0.3 is 4.74 Å². The molecule has 0 aromatic carbocycles. The van der Waals surface area contributed by atoms with Gasteiger partial charge in [-0.1, -0.05) is 39.8 Å². The van der Waals surface area contributed by atoms with E-state index >= 15 is 0 Å². The number of methoxy groups -OCH3 is 1. The van der Waals surface area contributed by atoms with E-state index in [9.17, 15) is 0 Å². The maximum absolute atomic E-state index is 5.16. The van der Waals surface area contributed by atoms with Gasteiger partial charge in [0.1, 0.15) is 8.03 Å². The summed E-state index contributed by atoms with van der Waals surface area (Å²) < 4.78 is 7.25. The molecule has 11 heavy (non-hydrogen) atoms. The van der Waals surface area contributed by atoms with Crippen LogP contribution in [0.3, 0.4) is 0 Å². The first-order valence-corrected chi connectivity index (χ1v) is 6.63. The second-order valence-corrected chi connectivity index (χ2v) is 6.06. The lowest BCUT2D eigenvalue weighted by Crippen LogP contribution is -1.81. The topological polar surface area (TPSA) is 9.23 Å². The predicted molar refractivity (Wildman–Crippen MR) is 56.0 cm³/mol. The highest BCUT2D eigenvalue weighted by atomic mass is 32.9. The van der Waals surface area contributed by atoms with E-state index in [0.29, 0.717) is 0 Å². The number of thioether (sulfide) groups is 1. The maximum Gasteiger partial charge on any atom is 0.172 e. The first kappa shape index (κ1) is 9.51. The third-order valence-electron chi connectivity index (χ3n) is 1.04. The normalized spacial score (nSPS) is 10.0. The number of hydrogen-bond donors (Lipinski definition) is 0. The second kappa shape index (κ2) is 4.45. The monoisotopic (exact) mass is 224 g/mol. The third kappa shape index (κ3) is 2.18. The Morgan fingerprint density at radius 3 is 2.82 bits per heavy atom. The zero-order valence-corrected chi connectivity index (χ0v) is 9.51. The Bertz CT molecular complexity index is 274. The van der Waals surface area contributed by atoms with E-state index in [0.717, 1.165) is 15.3 Å². The quantitative estimate of drug-likeness (QED) is 0.440. The third-order valence-corrected chi connectivity index (χ3v) is 5.46. The molecule has 0 unspecified atom stereocenters. The minimum absolute atomic E-state index is 0.869. The lowest BCUT2D eigenvalue weighted by molar-refractivity contribution is 0.407. The van der Waals surface area contributed by atoms with Gasteiger partial charge in [-0.05, 0) is 5.75 Å². The molecular formula is C6H8OS4. The lowest BCUT2D eigenvalue weighted by atomic mass is 10.7. The van der Waals surface area contributed by atoms with E-state index in [2.05, 4.69) is 6.92 Å². The maximum atomic E-state index is 5.16. The largest absolute Gasteiger partial charge is 0.492 e. The first-order valence-electron chi connectivity index (χ1n) is 3.09. The summed E-state index contributed by atoms with van der Waals surface area (Å²) in [7, 11) is 4.98. The fraction of sp³-hybridized carbons (Fsp3) is 0.500. The van der Waals surface area contributed by atoms with Crippen LogP contribution in [0.15, 0.2) is 4.21 Å². The van der Waals surface area contributed by atoms with Crippen LogP contribution in [0.2, 0.25) is 0 Å². The van der Waals surface area contributed by atoms with Crippen molar-refractivity contribution >= 4 is 44.7 Å². The highest BCUT2D eigenvalue weighted by molar-refractivity contribution is 8.03. The lowest BCUT2D eigenvalue weighted by Gasteiger charge is -1.97. The van der Waals surface area contributed by atoms with E-state index in [4.69, 9.17) is 17.0 Å². The van der Waals surface area contributed by atoms with Crippen molar-refractivity contribution in [1.29, 1.82) is 0 Å². The van der Waals surface area contributed by atoms with Gasteiger partial charge in [0.15, 0.2) is 5.75 Å². The summed E-state index contributed by atoms with van der Waals surface area (Å²) in [6.07, 6.45) is 0. The molecule has 0 spiro atoms. The van der Waals surface area contributed by atoms with Crippen molar-refractivity contribution in [3.8, 4) is 5.75 Å². The molecule has 0 saturated carbocycles. The Morgan fingerprint density at radius 2 is 2.27 bits per heavy atom. The molecule has 0 atom stereocenters. The van der Waals surface area contributed by atoms with Gasteiger partial charge in [-0.3, -0.25) is 0 Å². The fourth-order valence-corrected chi connectivity index (χ4v) is 4.82. The molecule has 0 N–H and O–H groups in total. The van der Waals surface area contributed by atoms with Crippen LogP contribution in [0.1, 0.15) is 6.92 Å². The molecule has 1 nitrogen and oxygen atoms in total. The van der Waals surface area contributed by atoms with E-state index < -0.39 is 0 Å². The Balaban J connectivity index is 2.96. The fourth-order valence-electron chi connectivity index (χ4n) is 0.622. The molecule has 1 aromatic rings. The van der Waals surface area contributed by atoms with Gasteiger partial charge in [0.2, 0.25) is 0 Å². The zero-order chi connectivity index (χ0) is 8.27. The summed E-state index contributed by atoms with van der Waals surface area (Å²) in [6, 6.07) is 0. The van der Waals surface area contributed by atoms with Crippen LogP contribution in [0.5, 0.6) is 5.75 Å². The molecule has 0 amide bonds. The number of hydrogen-bond acceptors (Lipinski definition) is 5. The molecule has 0 radical (unpaired) electrons. The number of ether oxygens (including phenoxy) is 1. The van der Waals surface area contributed by atoms with Gasteiger partial charge in [0.25, 0.3) is 0 Å². The van der Waals surface area contributed by atoms with Crippen LogP contribution in [0.4, 0.5) is 0 Å². The Morgan fingerprint density at radius 1 is 1.55 bits per heavy atom. The van der Waals surface area contributed by atoms with Crippen LogP contribution >= 0.6 is 44.7 Å². The summed E-state index contributed by atoms with van der Waals surface area (Å²) in [5.74, 6) is 1.96. The van der Waals surface area contributed by atoms with Crippen molar-refractivity contribution in [2.24, 2.45) is 0 Å². The molecule has 0 bridgehead atoms. The van der Waals surface area contributed by atoms with Crippen molar-refractivity contribution in [3.63, 3.8) is 0 Å². The highest BCUT2D eigenvalue weighted by Gasteiger charge is 2.07. The van der Waals surface area contributed by atoms with Gasteiger partial charge >= 0.3 is 0 Å². The second-order valence-electron chi connectivity index (χ2n) is 1.71. The molecule has 1 rings (SSSR count). The smallest absolute Gasteiger partial charge is 0.172 e.